The zero-order chi connectivity index (χ0) is 20.1. The minimum absolute atomic E-state index is 0.178. The first-order chi connectivity index (χ1) is 12.8. The van der Waals surface area contributed by atoms with Crippen molar-refractivity contribution < 1.29 is 27.4 Å². The van der Waals surface area contributed by atoms with E-state index in [0.717, 1.165) is 37.7 Å². The van der Waals surface area contributed by atoms with Gasteiger partial charge in [-0.2, -0.15) is 0 Å². The molecule has 3 N–H and O–H groups in total. The number of unbranched alkanes of at least 4 members (excludes halogenated alkanes) is 4. The largest absolute Gasteiger partial charge is 0.573 e. The zero-order valence-electron chi connectivity index (χ0n) is 15.3. The molecule has 0 heterocycles. The highest BCUT2D eigenvalue weighted by atomic mass is 19.4. The van der Waals surface area contributed by atoms with Crippen LogP contribution in [0.15, 0.2) is 29.3 Å². The van der Waals surface area contributed by atoms with Gasteiger partial charge in [0.05, 0.1) is 13.7 Å². The van der Waals surface area contributed by atoms with Crippen LogP contribution < -0.4 is 15.8 Å². The Kier molecular flexibility index (Phi) is 10.1. The van der Waals surface area contributed by atoms with Gasteiger partial charge in [0.2, 0.25) is 0 Å². The number of alkyl halides is 3. The number of methoxy groups -OCH3 is 1. The van der Waals surface area contributed by atoms with Crippen molar-refractivity contribution in [3.63, 3.8) is 0 Å². The number of carbonyl (C=O) groups is 1. The fourth-order valence-electron chi connectivity index (χ4n) is 2.27. The fraction of sp³-hybridized carbons (Fsp3) is 0.556. The highest BCUT2D eigenvalue weighted by Gasteiger charge is 2.30. The number of guanidine groups is 1. The molecule has 0 aromatic heterocycles. The standard InChI is InChI=1S/C18H26F3N3O3/c1-26-16(25)7-5-3-2-4-6-12-23-17(22)24-13-14-8-10-15(11-9-14)27-18(19,20)21/h8-11H,2-7,12-13H2,1H3,(H3,22,23,24). The number of benzene rings is 1. The highest BCUT2D eigenvalue weighted by Crippen LogP contribution is 2.22. The number of nitrogens with zero attached hydrogens (tertiary/aromatic N) is 1. The summed E-state index contributed by atoms with van der Waals surface area (Å²) in [4.78, 5) is 15.1. The number of carbonyl (C=O) groups excluding carboxylic acids is 1. The molecular formula is C18H26F3N3O3. The number of esters is 1. The van der Waals surface area contributed by atoms with Crippen LogP contribution >= 0.6 is 0 Å². The quantitative estimate of drug-likeness (QED) is 0.262. The van der Waals surface area contributed by atoms with Crippen molar-refractivity contribution in [2.45, 2.75) is 51.4 Å². The second kappa shape index (κ2) is 12.0. The molecule has 6 nitrogen and oxygen atoms in total. The fourth-order valence-corrected chi connectivity index (χ4v) is 2.27. The minimum atomic E-state index is -4.70. The smallest absolute Gasteiger partial charge is 0.469 e. The van der Waals surface area contributed by atoms with E-state index in [1.165, 1.54) is 31.4 Å². The molecule has 0 spiro atoms. The highest BCUT2D eigenvalue weighted by molar-refractivity contribution is 5.77. The number of nitrogens with one attached hydrogen (secondary N) is 1. The van der Waals surface area contributed by atoms with Crippen molar-refractivity contribution in [1.29, 1.82) is 0 Å². The van der Waals surface area contributed by atoms with Crippen LogP contribution in [0.5, 0.6) is 5.75 Å². The van der Waals surface area contributed by atoms with Crippen LogP contribution in [0.1, 0.15) is 44.1 Å². The molecule has 9 heteroatoms. The number of nitrogens with two attached hydrogens (primary N) is 1. The van der Waals surface area contributed by atoms with Crippen molar-refractivity contribution in [3.8, 4) is 5.75 Å². The second-order valence-corrected chi connectivity index (χ2v) is 5.91. The Balaban J connectivity index is 2.15. The molecule has 0 atom stereocenters. The van der Waals surface area contributed by atoms with Gasteiger partial charge in [-0.3, -0.25) is 4.79 Å². The van der Waals surface area contributed by atoms with E-state index in [4.69, 9.17) is 5.73 Å². The van der Waals surface area contributed by atoms with Gasteiger partial charge in [0.15, 0.2) is 5.96 Å². The van der Waals surface area contributed by atoms with Gasteiger partial charge >= 0.3 is 12.3 Å². The van der Waals surface area contributed by atoms with E-state index in [0.29, 0.717) is 13.0 Å². The maximum Gasteiger partial charge on any atom is 0.573 e. The molecule has 0 radical (unpaired) electrons. The number of aliphatic imine (C=N–C) groups is 1. The molecule has 0 bridgehead atoms. The van der Waals surface area contributed by atoms with Crippen molar-refractivity contribution in [3.05, 3.63) is 29.8 Å². The van der Waals surface area contributed by atoms with Crippen LogP contribution in [0.4, 0.5) is 13.2 Å². The summed E-state index contributed by atoms with van der Waals surface area (Å²) in [5.41, 5.74) is 6.48. The van der Waals surface area contributed by atoms with E-state index in [1.54, 1.807) is 0 Å². The Hall–Kier alpha value is -2.45. The van der Waals surface area contributed by atoms with Gasteiger partial charge in [-0.05, 0) is 30.5 Å². The monoisotopic (exact) mass is 389 g/mol. The molecule has 1 aromatic rings. The summed E-state index contributed by atoms with van der Waals surface area (Å²) in [6.07, 6.45) is 0.540. The Bertz CT molecular complexity index is 590. The summed E-state index contributed by atoms with van der Waals surface area (Å²) in [5.74, 6) is -0.160. The van der Waals surface area contributed by atoms with Gasteiger partial charge in [0, 0.05) is 13.0 Å². The first-order valence-corrected chi connectivity index (χ1v) is 8.75. The lowest BCUT2D eigenvalue weighted by molar-refractivity contribution is -0.274. The van der Waals surface area contributed by atoms with Gasteiger partial charge in [0.1, 0.15) is 5.75 Å². The lowest BCUT2D eigenvalue weighted by atomic mass is 10.1. The number of rotatable bonds is 11. The molecule has 0 aliphatic rings. The summed E-state index contributed by atoms with van der Waals surface area (Å²) in [6.45, 7) is 0.948. The average molecular weight is 389 g/mol. The molecule has 0 saturated heterocycles. The summed E-state index contributed by atoms with van der Waals surface area (Å²) in [6, 6.07) is 5.49. The molecule has 0 fully saturated rings. The predicted molar refractivity (Wildman–Crippen MR) is 96.2 cm³/mol. The average Bonchev–Trinajstić information content (AvgIpc) is 2.61. The SMILES string of the molecule is COC(=O)CCCCCCCNC(N)=NCc1ccc(OC(F)(F)F)cc1. The van der Waals surface area contributed by atoms with E-state index < -0.39 is 6.36 Å². The third kappa shape index (κ3) is 11.7. The van der Waals surface area contributed by atoms with E-state index >= 15 is 0 Å². The number of hydrogen-bond acceptors (Lipinski definition) is 4. The molecular weight excluding hydrogens is 363 g/mol. The van der Waals surface area contributed by atoms with Crippen LogP contribution in [0.25, 0.3) is 0 Å². The van der Waals surface area contributed by atoms with Crippen molar-refractivity contribution >= 4 is 11.9 Å². The topological polar surface area (TPSA) is 85.9 Å². The van der Waals surface area contributed by atoms with Gasteiger partial charge in [0.25, 0.3) is 0 Å². The molecule has 1 aromatic carbocycles. The van der Waals surface area contributed by atoms with E-state index in [1.807, 2.05) is 0 Å². The number of halogens is 3. The van der Waals surface area contributed by atoms with Gasteiger partial charge < -0.3 is 20.5 Å². The molecule has 1 rings (SSSR count). The Labute approximate surface area is 156 Å². The Morgan fingerprint density at radius 3 is 2.37 bits per heavy atom. The first kappa shape index (κ1) is 22.6. The van der Waals surface area contributed by atoms with E-state index in [9.17, 15) is 18.0 Å². The molecule has 152 valence electrons. The van der Waals surface area contributed by atoms with Crippen molar-refractivity contribution in [2.24, 2.45) is 10.7 Å². The summed E-state index contributed by atoms with van der Waals surface area (Å²) in [7, 11) is 1.39. The molecule has 0 unspecified atom stereocenters. The summed E-state index contributed by atoms with van der Waals surface area (Å²) >= 11 is 0. The molecule has 0 aliphatic carbocycles. The normalized spacial score (nSPS) is 11.9. The van der Waals surface area contributed by atoms with Gasteiger partial charge in [-0.15, -0.1) is 13.2 Å². The Morgan fingerprint density at radius 2 is 1.74 bits per heavy atom. The molecule has 0 saturated carbocycles. The molecule has 27 heavy (non-hydrogen) atoms. The van der Waals surface area contributed by atoms with Crippen LogP contribution in [0.3, 0.4) is 0 Å². The van der Waals surface area contributed by atoms with Crippen LogP contribution in [0.2, 0.25) is 0 Å². The summed E-state index contributed by atoms with van der Waals surface area (Å²) in [5, 5.41) is 2.99. The zero-order valence-corrected chi connectivity index (χ0v) is 15.3. The number of ether oxygens (including phenoxy) is 2. The van der Waals surface area contributed by atoms with E-state index in [-0.39, 0.29) is 24.2 Å². The maximum absolute atomic E-state index is 12.1. The molecule has 0 amide bonds. The maximum atomic E-state index is 12.1. The third-order valence-electron chi connectivity index (χ3n) is 3.68. The van der Waals surface area contributed by atoms with Crippen LogP contribution in [-0.2, 0) is 16.1 Å². The first-order valence-electron chi connectivity index (χ1n) is 8.75. The molecule has 0 aliphatic heterocycles. The lowest BCUT2D eigenvalue weighted by Gasteiger charge is -2.09. The second-order valence-electron chi connectivity index (χ2n) is 5.91. The third-order valence-corrected chi connectivity index (χ3v) is 3.68. The minimum Gasteiger partial charge on any atom is -0.469 e. The van der Waals surface area contributed by atoms with Crippen LogP contribution in [0, 0.1) is 0 Å². The summed E-state index contributed by atoms with van der Waals surface area (Å²) < 4.78 is 44.6. The van der Waals surface area contributed by atoms with Crippen molar-refractivity contribution in [1.82, 2.24) is 5.32 Å². The van der Waals surface area contributed by atoms with Crippen LogP contribution in [-0.4, -0.2) is 31.9 Å². The number of hydrogen-bond donors (Lipinski definition) is 2. The Morgan fingerprint density at radius 1 is 1.11 bits per heavy atom. The predicted octanol–water partition coefficient (Wildman–Crippen LogP) is 3.50. The van der Waals surface area contributed by atoms with Crippen molar-refractivity contribution in [2.75, 3.05) is 13.7 Å². The van der Waals surface area contributed by atoms with Gasteiger partial charge in [-0.25, -0.2) is 4.99 Å². The lowest BCUT2D eigenvalue weighted by Crippen LogP contribution is -2.32. The van der Waals surface area contributed by atoms with E-state index in [2.05, 4.69) is 19.8 Å². The van der Waals surface area contributed by atoms with Gasteiger partial charge in [-0.1, -0.05) is 31.4 Å².